The molecule has 3 aromatic rings. The number of nitrogens with zero attached hydrogens (tertiary/aromatic N) is 4. The zero-order valence-electron chi connectivity index (χ0n) is 13.2. The lowest BCUT2D eigenvalue weighted by atomic mass is 9.97. The number of rotatable bonds is 3. The van der Waals surface area contributed by atoms with Crippen LogP contribution in [0, 0.1) is 0 Å². The third kappa shape index (κ3) is 2.43. The van der Waals surface area contributed by atoms with Gasteiger partial charge < -0.3 is 0 Å². The van der Waals surface area contributed by atoms with Crippen molar-refractivity contribution in [1.29, 1.82) is 0 Å². The Hall–Kier alpha value is -1.25. The molecular formula is C16H16N4OS3. The molecule has 0 atom stereocenters. The lowest BCUT2D eigenvalue weighted by Crippen LogP contribution is -2.20. The minimum atomic E-state index is 0.0776. The van der Waals surface area contributed by atoms with Crippen molar-refractivity contribution in [3.05, 3.63) is 26.6 Å². The second kappa shape index (κ2) is 5.64. The van der Waals surface area contributed by atoms with Gasteiger partial charge in [0.15, 0.2) is 9.50 Å². The number of aromatic nitrogens is 4. The molecule has 1 fully saturated rings. The van der Waals surface area contributed by atoms with Gasteiger partial charge in [-0.2, -0.15) is 4.37 Å². The molecule has 1 saturated carbocycles. The zero-order valence-corrected chi connectivity index (χ0v) is 15.7. The first-order chi connectivity index (χ1) is 11.7. The summed E-state index contributed by atoms with van der Waals surface area (Å²) in [6.07, 6.45) is 6.89. The molecular weight excluding hydrogens is 360 g/mol. The molecule has 0 N–H and O–H groups in total. The summed E-state index contributed by atoms with van der Waals surface area (Å²) in [4.78, 5) is 24.5. The van der Waals surface area contributed by atoms with E-state index in [2.05, 4.69) is 9.36 Å². The molecule has 8 heteroatoms. The highest BCUT2D eigenvalue weighted by atomic mass is 32.2. The summed E-state index contributed by atoms with van der Waals surface area (Å²) < 4.78 is 6.99. The average molecular weight is 377 g/mol. The number of thiophene rings is 1. The van der Waals surface area contributed by atoms with Crippen LogP contribution in [0.1, 0.15) is 47.9 Å². The highest BCUT2D eigenvalue weighted by Gasteiger charge is 2.28. The lowest BCUT2D eigenvalue weighted by Gasteiger charge is -2.10. The van der Waals surface area contributed by atoms with Crippen LogP contribution in [-0.4, -0.2) is 18.9 Å². The SMILES string of the molecule is Cn1c(Sc2nc(C3CC3)ns2)nc2sc3c(c2c1=O)CCCC3. The monoisotopic (exact) mass is 376 g/mol. The smallest absolute Gasteiger partial charge is 0.262 e. The summed E-state index contributed by atoms with van der Waals surface area (Å²) in [7, 11) is 1.81. The van der Waals surface area contributed by atoms with Gasteiger partial charge >= 0.3 is 0 Å². The molecule has 5 nitrogen and oxygen atoms in total. The Kier molecular flexibility index (Phi) is 3.53. The van der Waals surface area contributed by atoms with Crippen molar-refractivity contribution in [3.63, 3.8) is 0 Å². The van der Waals surface area contributed by atoms with Crippen molar-refractivity contribution in [2.75, 3.05) is 0 Å². The maximum absolute atomic E-state index is 12.9. The van der Waals surface area contributed by atoms with E-state index >= 15 is 0 Å². The van der Waals surface area contributed by atoms with Gasteiger partial charge in [-0.25, -0.2) is 9.97 Å². The maximum atomic E-state index is 12.9. The second-order valence-corrected chi connectivity index (χ2v) is 9.49. The van der Waals surface area contributed by atoms with E-state index in [4.69, 9.17) is 4.98 Å². The Labute approximate surface area is 151 Å². The van der Waals surface area contributed by atoms with Crippen LogP contribution in [0.25, 0.3) is 10.2 Å². The molecule has 2 aliphatic rings. The minimum Gasteiger partial charge on any atom is -0.290 e. The van der Waals surface area contributed by atoms with E-state index in [9.17, 15) is 4.79 Å². The van der Waals surface area contributed by atoms with Gasteiger partial charge in [-0.1, -0.05) is 0 Å². The molecule has 0 unspecified atom stereocenters. The van der Waals surface area contributed by atoms with Gasteiger partial charge in [-0.15, -0.1) is 11.3 Å². The number of aryl methyl sites for hydroxylation is 2. The largest absolute Gasteiger partial charge is 0.290 e. The van der Waals surface area contributed by atoms with Crippen molar-refractivity contribution in [2.24, 2.45) is 7.05 Å². The van der Waals surface area contributed by atoms with Gasteiger partial charge in [0.1, 0.15) is 10.7 Å². The molecule has 24 heavy (non-hydrogen) atoms. The summed E-state index contributed by atoms with van der Waals surface area (Å²) in [5.41, 5.74) is 1.33. The van der Waals surface area contributed by atoms with E-state index in [1.54, 1.807) is 15.9 Å². The van der Waals surface area contributed by atoms with Gasteiger partial charge in [0, 0.05) is 17.8 Å². The van der Waals surface area contributed by atoms with Crippen molar-refractivity contribution in [2.45, 2.75) is 53.9 Å². The molecule has 3 aromatic heterocycles. The molecule has 3 heterocycles. The van der Waals surface area contributed by atoms with E-state index < -0.39 is 0 Å². The highest BCUT2D eigenvalue weighted by molar-refractivity contribution is 8.00. The first-order valence-corrected chi connectivity index (χ1v) is 10.6. The minimum absolute atomic E-state index is 0.0776. The summed E-state index contributed by atoms with van der Waals surface area (Å²) >= 11 is 4.57. The predicted molar refractivity (Wildman–Crippen MR) is 97.5 cm³/mol. The number of hydrogen-bond acceptors (Lipinski definition) is 7. The number of hydrogen-bond donors (Lipinski definition) is 0. The van der Waals surface area contributed by atoms with Crippen LogP contribution >= 0.6 is 34.6 Å². The molecule has 0 saturated heterocycles. The summed E-state index contributed by atoms with van der Waals surface area (Å²) in [5, 5.41) is 1.56. The Balaban J connectivity index is 1.58. The molecule has 0 bridgehead atoms. The van der Waals surface area contributed by atoms with Crippen LogP contribution in [0.15, 0.2) is 14.3 Å². The van der Waals surface area contributed by atoms with Crippen LogP contribution in [0.4, 0.5) is 0 Å². The normalized spacial score (nSPS) is 17.4. The Morgan fingerprint density at radius 1 is 1.21 bits per heavy atom. The molecule has 2 aliphatic carbocycles. The Bertz CT molecular complexity index is 999. The van der Waals surface area contributed by atoms with Crippen LogP contribution in [-0.2, 0) is 19.9 Å². The quantitative estimate of drug-likeness (QED) is 0.652. The van der Waals surface area contributed by atoms with Gasteiger partial charge in [0.05, 0.1) is 5.39 Å². The molecule has 5 rings (SSSR count). The molecule has 0 spiro atoms. The molecule has 0 radical (unpaired) electrons. The molecule has 0 aliphatic heterocycles. The first kappa shape index (κ1) is 15.0. The fourth-order valence-corrected chi connectivity index (χ4v) is 6.15. The maximum Gasteiger partial charge on any atom is 0.262 e. The number of fused-ring (bicyclic) bond motifs is 3. The van der Waals surface area contributed by atoms with Crippen LogP contribution in [0.3, 0.4) is 0 Å². The predicted octanol–water partition coefficient (Wildman–Crippen LogP) is 3.75. The standard InChI is InChI=1S/C16H16N4OS3/c1-20-14(21)11-9-4-2-3-5-10(9)22-13(11)18-15(20)23-16-17-12(19-24-16)8-6-7-8/h8H,2-7H2,1H3. The van der Waals surface area contributed by atoms with Crippen LogP contribution in [0.2, 0.25) is 0 Å². The van der Waals surface area contributed by atoms with Crippen molar-refractivity contribution < 1.29 is 0 Å². The summed E-state index contributed by atoms with van der Waals surface area (Å²) in [5.74, 6) is 1.51. The fourth-order valence-electron chi connectivity index (χ4n) is 3.21. The van der Waals surface area contributed by atoms with Crippen molar-refractivity contribution in [1.82, 2.24) is 18.9 Å². The third-order valence-electron chi connectivity index (χ3n) is 4.70. The van der Waals surface area contributed by atoms with Gasteiger partial charge in [0.2, 0.25) is 0 Å². The van der Waals surface area contributed by atoms with Gasteiger partial charge in [-0.3, -0.25) is 9.36 Å². The van der Waals surface area contributed by atoms with Crippen LogP contribution in [0.5, 0.6) is 0 Å². The summed E-state index contributed by atoms with van der Waals surface area (Å²) in [6, 6.07) is 0. The van der Waals surface area contributed by atoms with Crippen molar-refractivity contribution >= 4 is 44.8 Å². The van der Waals surface area contributed by atoms with E-state index in [0.717, 1.165) is 33.2 Å². The van der Waals surface area contributed by atoms with Crippen LogP contribution < -0.4 is 5.56 Å². The van der Waals surface area contributed by atoms with E-state index in [1.807, 2.05) is 7.05 Å². The first-order valence-electron chi connectivity index (χ1n) is 8.23. The summed E-state index contributed by atoms with van der Waals surface area (Å²) in [6.45, 7) is 0. The van der Waals surface area contributed by atoms with E-state index in [0.29, 0.717) is 11.1 Å². The van der Waals surface area contributed by atoms with E-state index in [1.165, 1.54) is 59.4 Å². The molecule has 0 aromatic carbocycles. The van der Waals surface area contributed by atoms with E-state index in [-0.39, 0.29) is 5.56 Å². The lowest BCUT2D eigenvalue weighted by molar-refractivity contribution is 0.695. The molecule has 0 amide bonds. The fraction of sp³-hybridized carbons (Fsp3) is 0.500. The van der Waals surface area contributed by atoms with Crippen molar-refractivity contribution in [3.8, 4) is 0 Å². The Morgan fingerprint density at radius 3 is 2.88 bits per heavy atom. The third-order valence-corrected chi connectivity index (χ3v) is 7.70. The second-order valence-electron chi connectivity index (χ2n) is 6.44. The zero-order chi connectivity index (χ0) is 16.3. The highest BCUT2D eigenvalue weighted by Crippen LogP contribution is 2.41. The van der Waals surface area contributed by atoms with Gasteiger partial charge in [-0.05, 0) is 67.4 Å². The topological polar surface area (TPSA) is 60.7 Å². The van der Waals surface area contributed by atoms with Gasteiger partial charge in [0.25, 0.3) is 5.56 Å². The molecule has 124 valence electrons. The Morgan fingerprint density at radius 2 is 2.04 bits per heavy atom. The average Bonchev–Trinajstić information content (AvgIpc) is 3.22.